The number of nitrogens with one attached hydrogen (secondary N) is 1. The first kappa shape index (κ1) is 16.5. The van der Waals surface area contributed by atoms with Crippen LogP contribution in [0.1, 0.15) is 24.2 Å². The molecule has 1 N–H and O–H groups in total. The number of benzene rings is 2. The van der Waals surface area contributed by atoms with Crippen molar-refractivity contribution >= 4 is 17.3 Å². The molecule has 2 aromatic rings. The average molecular weight is 314 g/mol. The van der Waals surface area contributed by atoms with Gasteiger partial charge in [0.15, 0.2) is 11.4 Å². The van der Waals surface area contributed by atoms with Gasteiger partial charge in [0.05, 0.1) is 18.9 Å². The maximum absolute atomic E-state index is 12.3. The van der Waals surface area contributed by atoms with Crippen LogP contribution < -0.4 is 14.8 Å². The Bertz CT molecular complexity index is 686. The Morgan fingerprint density at radius 3 is 2.30 bits per heavy atom. The van der Waals surface area contributed by atoms with Crippen molar-refractivity contribution in [3.63, 3.8) is 0 Å². The second kappa shape index (κ2) is 7.93. The van der Waals surface area contributed by atoms with Gasteiger partial charge in [0.1, 0.15) is 5.75 Å². The largest absolute Gasteiger partial charge is 0.492 e. The SMILES string of the molecule is CCOc1cc(NC(=O)c2ccccc2)c(OCC)cc1N=O. The number of anilines is 1. The molecule has 0 spiro atoms. The van der Waals surface area contributed by atoms with Gasteiger partial charge in [-0.05, 0) is 31.2 Å². The smallest absolute Gasteiger partial charge is 0.255 e. The van der Waals surface area contributed by atoms with Gasteiger partial charge in [-0.2, -0.15) is 0 Å². The Balaban J connectivity index is 2.36. The van der Waals surface area contributed by atoms with Crippen LogP contribution in [0.4, 0.5) is 11.4 Å². The van der Waals surface area contributed by atoms with Crippen LogP contribution in [0.5, 0.6) is 11.5 Å². The molecule has 0 aliphatic heterocycles. The Hall–Kier alpha value is -2.89. The van der Waals surface area contributed by atoms with Gasteiger partial charge in [0.25, 0.3) is 5.91 Å². The number of hydrogen-bond acceptors (Lipinski definition) is 5. The zero-order valence-corrected chi connectivity index (χ0v) is 13.0. The van der Waals surface area contributed by atoms with E-state index < -0.39 is 0 Å². The summed E-state index contributed by atoms with van der Waals surface area (Å²) >= 11 is 0. The predicted molar refractivity (Wildman–Crippen MR) is 88.6 cm³/mol. The average Bonchev–Trinajstić information content (AvgIpc) is 2.58. The maximum Gasteiger partial charge on any atom is 0.255 e. The summed E-state index contributed by atoms with van der Waals surface area (Å²) in [5.41, 5.74) is 1.08. The van der Waals surface area contributed by atoms with Crippen LogP contribution in [-0.2, 0) is 0 Å². The molecule has 0 saturated carbocycles. The minimum atomic E-state index is -0.277. The molecule has 0 radical (unpaired) electrons. The molecule has 0 atom stereocenters. The van der Waals surface area contributed by atoms with E-state index in [-0.39, 0.29) is 11.6 Å². The van der Waals surface area contributed by atoms with Crippen molar-refractivity contribution < 1.29 is 14.3 Å². The van der Waals surface area contributed by atoms with Crippen LogP contribution in [0, 0.1) is 4.91 Å². The highest BCUT2D eigenvalue weighted by Crippen LogP contribution is 2.38. The summed E-state index contributed by atoms with van der Waals surface area (Å²) < 4.78 is 10.9. The highest BCUT2D eigenvalue weighted by atomic mass is 16.5. The van der Waals surface area contributed by atoms with E-state index in [0.717, 1.165) is 0 Å². The monoisotopic (exact) mass is 314 g/mol. The van der Waals surface area contributed by atoms with E-state index in [9.17, 15) is 9.70 Å². The molecule has 23 heavy (non-hydrogen) atoms. The number of rotatable bonds is 7. The third kappa shape index (κ3) is 4.06. The lowest BCUT2D eigenvalue weighted by Crippen LogP contribution is -2.13. The second-order valence-corrected chi connectivity index (χ2v) is 4.59. The summed E-state index contributed by atoms with van der Waals surface area (Å²) in [7, 11) is 0. The van der Waals surface area contributed by atoms with Crippen molar-refractivity contribution in [3.8, 4) is 11.5 Å². The fourth-order valence-electron chi connectivity index (χ4n) is 2.05. The molecule has 6 nitrogen and oxygen atoms in total. The van der Waals surface area contributed by atoms with Gasteiger partial charge in [-0.25, -0.2) is 0 Å². The van der Waals surface area contributed by atoms with Crippen LogP contribution >= 0.6 is 0 Å². The first-order valence-corrected chi connectivity index (χ1v) is 7.33. The number of amides is 1. The van der Waals surface area contributed by atoms with Crippen molar-refractivity contribution in [1.82, 2.24) is 0 Å². The molecule has 0 saturated heterocycles. The standard InChI is InChI=1S/C17H18N2O4/c1-3-22-15-11-14(19-21)16(23-4-2)10-13(15)18-17(20)12-8-6-5-7-9-12/h5-11H,3-4H2,1-2H3,(H,18,20). The van der Waals surface area contributed by atoms with E-state index in [0.29, 0.717) is 36.0 Å². The van der Waals surface area contributed by atoms with Gasteiger partial charge in [-0.3, -0.25) is 4.79 Å². The number of carbonyl (C=O) groups excluding carboxylic acids is 1. The number of hydrogen-bond donors (Lipinski definition) is 1. The van der Waals surface area contributed by atoms with Gasteiger partial charge >= 0.3 is 0 Å². The molecule has 0 unspecified atom stereocenters. The fraction of sp³-hybridized carbons (Fsp3) is 0.235. The lowest BCUT2D eigenvalue weighted by atomic mass is 10.2. The van der Waals surface area contributed by atoms with Crippen molar-refractivity contribution in [2.45, 2.75) is 13.8 Å². The highest BCUT2D eigenvalue weighted by Gasteiger charge is 2.15. The third-order valence-electron chi connectivity index (χ3n) is 3.04. The Morgan fingerprint density at radius 2 is 1.70 bits per heavy atom. The minimum absolute atomic E-state index is 0.132. The number of nitroso groups, excluding NO2 is 1. The Kier molecular flexibility index (Phi) is 5.68. The minimum Gasteiger partial charge on any atom is -0.492 e. The summed E-state index contributed by atoms with van der Waals surface area (Å²) in [4.78, 5) is 23.2. The van der Waals surface area contributed by atoms with E-state index in [1.807, 2.05) is 13.0 Å². The molecular weight excluding hydrogens is 296 g/mol. The van der Waals surface area contributed by atoms with Crippen LogP contribution in [0.15, 0.2) is 47.6 Å². The van der Waals surface area contributed by atoms with E-state index in [1.54, 1.807) is 37.3 Å². The van der Waals surface area contributed by atoms with Crippen molar-refractivity contribution in [2.24, 2.45) is 5.18 Å². The van der Waals surface area contributed by atoms with E-state index in [2.05, 4.69) is 10.5 Å². The van der Waals surface area contributed by atoms with Gasteiger partial charge in [-0.1, -0.05) is 18.2 Å². The number of nitrogens with zero attached hydrogens (tertiary/aromatic N) is 1. The summed E-state index contributed by atoms with van der Waals surface area (Å²) in [6.45, 7) is 4.38. The Morgan fingerprint density at radius 1 is 1.04 bits per heavy atom. The first-order valence-electron chi connectivity index (χ1n) is 7.33. The van der Waals surface area contributed by atoms with Crippen LogP contribution in [0.2, 0.25) is 0 Å². The summed E-state index contributed by atoms with van der Waals surface area (Å²) in [5, 5.41) is 5.72. The number of carbonyl (C=O) groups is 1. The summed E-state index contributed by atoms with van der Waals surface area (Å²) in [6, 6.07) is 11.8. The molecule has 0 bridgehead atoms. The van der Waals surface area contributed by atoms with E-state index in [4.69, 9.17) is 9.47 Å². The van der Waals surface area contributed by atoms with Crippen molar-refractivity contribution in [3.05, 3.63) is 52.9 Å². The zero-order chi connectivity index (χ0) is 16.7. The molecule has 0 aliphatic carbocycles. The van der Waals surface area contributed by atoms with Crippen molar-refractivity contribution in [2.75, 3.05) is 18.5 Å². The predicted octanol–water partition coefficient (Wildman–Crippen LogP) is 4.13. The zero-order valence-electron chi connectivity index (χ0n) is 13.0. The first-order chi connectivity index (χ1) is 11.2. The van der Waals surface area contributed by atoms with E-state index >= 15 is 0 Å². The molecule has 6 heteroatoms. The van der Waals surface area contributed by atoms with Gasteiger partial charge in [-0.15, -0.1) is 4.91 Å². The highest BCUT2D eigenvalue weighted by molar-refractivity contribution is 6.05. The van der Waals surface area contributed by atoms with Gasteiger partial charge in [0.2, 0.25) is 0 Å². The topological polar surface area (TPSA) is 77.0 Å². The van der Waals surface area contributed by atoms with Gasteiger partial charge in [0, 0.05) is 17.7 Å². The summed E-state index contributed by atoms with van der Waals surface area (Å²) in [6.07, 6.45) is 0. The van der Waals surface area contributed by atoms with Crippen molar-refractivity contribution in [1.29, 1.82) is 0 Å². The van der Waals surface area contributed by atoms with Crippen LogP contribution in [0.3, 0.4) is 0 Å². The Labute approximate surface area is 134 Å². The number of ether oxygens (including phenoxy) is 2. The second-order valence-electron chi connectivity index (χ2n) is 4.59. The molecule has 0 heterocycles. The van der Waals surface area contributed by atoms with Crippen LogP contribution in [-0.4, -0.2) is 19.1 Å². The molecule has 120 valence electrons. The lowest BCUT2D eigenvalue weighted by molar-refractivity contribution is 0.102. The molecule has 0 aromatic heterocycles. The maximum atomic E-state index is 12.3. The van der Waals surface area contributed by atoms with Gasteiger partial charge < -0.3 is 14.8 Å². The molecular formula is C17H18N2O4. The van der Waals surface area contributed by atoms with E-state index in [1.165, 1.54) is 6.07 Å². The fourth-order valence-corrected chi connectivity index (χ4v) is 2.05. The molecule has 2 rings (SSSR count). The molecule has 0 fully saturated rings. The summed E-state index contributed by atoms with van der Waals surface area (Å²) in [5.74, 6) is 0.393. The molecule has 0 aliphatic rings. The lowest BCUT2D eigenvalue weighted by Gasteiger charge is -2.14. The molecule has 1 amide bonds. The third-order valence-corrected chi connectivity index (χ3v) is 3.04. The normalized spacial score (nSPS) is 10.0. The molecule has 2 aromatic carbocycles. The quantitative estimate of drug-likeness (QED) is 0.779. The van der Waals surface area contributed by atoms with Crippen LogP contribution in [0.25, 0.3) is 0 Å².